The van der Waals surface area contributed by atoms with Gasteiger partial charge in [-0.1, -0.05) is 6.92 Å². The van der Waals surface area contributed by atoms with Crippen LogP contribution in [0.15, 0.2) is 11.2 Å². The first kappa shape index (κ1) is 7.27. The molecule has 0 fully saturated rings. The average Bonchev–Trinajstić information content (AvgIpc) is 2.38. The molecule has 0 saturated carbocycles. The number of aromatic amines is 1. The van der Waals surface area contributed by atoms with E-state index in [-0.39, 0.29) is 10.8 Å². The average molecular weight is 159 g/mol. The zero-order valence-corrected chi connectivity index (χ0v) is 6.27. The largest absolute Gasteiger partial charge is 0.341 e. The highest BCUT2D eigenvalue weighted by Crippen LogP contribution is 2.03. The highest BCUT2D eigenvalue weighted by molar-refractivity contribution is 7.91. The number of H-pyrrole nitrogens is 1. The number of rotatable bonds is 2. The molecular weight excluding hydrogens is 152 g/mol. The van der Waals surface area contributed by atoms with Crippen molar-refractivity contribution in [3.8, 4) is 0 Å². The Balaban J connectivity index is 3.09. The number of aromatic nitrogens is 2. The smallest absolute Gasteiger partial charge is 0.196 e. The van der Waals surface area contributed by atoms with Crippen LogP contribution < -0.4 is 0 Å². The minimum atomic E-state index is -3.13. The van der Waals surface area contributed by atoms with Gasteiger partial charge in [0.05, 0.1) is 5.75 Å². The Morgan fingerprint density at radius 2 is 2.50 bits per heavy atom. The molecule has 1 heterocycles. The zero-order valence-electron chi connectivity index (χ0n) is 5.46. The van der Waals surface area contributed by atoms with Crippen LogP contribution in [0.25, 0.3) is 0 Å². The molecule has 10 heavy (non-hydrogen) atoms. The third kappa shape index (κ3) is 1.18. The summed E-state index contributed by atoms with van der Waals surface area (Å²) < 4.78 is 21.9. The lowest BCUT2D eigenvalue weighted by atomic mass is 10.9. The number of nitrogens with zero attached hydrogens (tertiary/aromatic N) is 1. The molecule has 0 spiro atoms. The van der Waals surface area contributed by atoms with E-state index < -0.39 is 9.84 Å². The molecule has 0 aliphatic heterocycles. The molecule has 55 valence electrons. The van der Waals surface area contributed by atoms with Crippen molar-refractivity contribution in [2.45, 2.75) is 11.9 Å². The van der Waals surface area contributed by atoms with Crippen LogP contribution in [0.4, 0.5) is 0 Å². The van der Waals surface area contributed by atoms with Crippen molar-refractivity contribution in [1.29, 1.82) is 0 Å². The van der Waals surface area contributed by atoms with Gasteiger partial charge in [-0.2, -0.15) is 0 Å². The predicted molar refractivity (Wildman–Crippen MR) is 35.2 cm³/mol. The van der Waals surface area contributed by atoms with Crippen molar-refractivity contribution in [2.24, 2.45) is 0 Å². The van der Waals surface area contributed by atoms with Gasteiger partial charge in [-0.15, -0.1) is 0 Å². The zero-order chi connectivity index (χ0) is 7.61. The lowest BCUT2D eigenvalue weighted by molar-refractivity contribution is 0.594. The molecule has 0 aromatic carbocycles. The van der Waals surface area contributed by atoms with Crippen LogP contribution >= 0.6 is 0 Å². The maximum absolute atomic E-state index is 11.0. The number of hydrogen-bond acceptors (Lipinski definition) is 3. The van der Waals surface area contributed by atoms with Crippen LogP contribution in [0.5, 0.6) is 0 Å². The summed E-state index contributed by atoms with van der Waals surface area (Å²) in [6.45, 7) is 1.57. The fourth-order valence-corrected chi connectivity index (χ4v) is 1.24. The maximum Gasteiger partial charge on any atom is 0.196 e. The second-order valence-electron chi connectivity index (χ2n) is 1.75. The Kier molecular flexibility index (Phi) is 1.76. The van der Waals surface area contributed by atoms with E-state index in [0.29, 0.717) is 0 Å². The van der Waals surface area contributed by atoms with Crippen molar-refractivity contribution >= 4 is 9.84 Å². The Bertz CT molecular complexity index is 287. The lowest BCUT2D eigenvalue weighted by Gasteiger charge is -1.91. The fourth-order valence-electron chi connectivity index (χ4n) is 0.521. The van der Waals surface area contributed by atoms with Gasteiger partial charge in [0.15, 0.2) is 21.2 Å². The fraction of sp³-hybridized carbons (Fsp3) is 0.400. The van der Waals surface area contributed by atoms with E-state index in [4.69, 9.17) is 0 Å². The van der Waals surface area contributed by atoms with E-state index in [1.165, 1.54) is 6.20 Å². The molecule has 1 aromatic rings. The first-order valence-corrected chi connectivity index (χ1v) is 4.46. The predicted octanol–water partition coefficient (Wildman–Crippen LogP) is 0.00349. The van der Waals surface area contributed by atoms with Crippen LogP contribution in [0.1, 0.15) is 6.92 Å². The third-order valence-electron chi connectivity index (χ3n) is 1.12. The molecule has 0 amide bonds. The molecule has 0 saturated heterocycles. The number of hydrogen-bond donors (Lipinski definition) is 1. The van der Waals surface area contributed by atoms with Crippen LogP contribution in [0, 0.1) is 6.33 Å². The number of sulfone groups is 1. The minimum Gasteiger partial charge on any atom is -0.341 e. The van der Waals surface area contributed by atoms with E-state index in [0.717, 1.165) is 0 Å². The minimum absolute atomic E-state index is 0.0648. The van der Waals surface area contributed by atoms with Crippen LogP contribution in [-0.2, 0) is 9.84 Å². The van der Waals surface area contributed by atoms with Crippen molar-refractivity contribution in [3.63, 3.8) is 0 Å². The Morgan fingerprint density at radius 3 is 2.90 bits per heavy atom. The topological polar surface area (TPSA) is 62.8 Å². The van der Waals surface area contributed by atoms with Crippen molar-refractivity contribution < 1.29 is 8.42 Å². The molecule has 1 aromatic heterocycles. The quantitative estimate of drug-likeness (QED) is 0.660. The normalized spacial score (nSPS) is 11.7. The molecule has 1 rings (SSSR count). The second-order valence-corrected chi connectivity index (χ2v) is 3.98. The van der Waals surface area contributed by atoms with Gasteiger partial charge in [-0.3, -0.25) is 0 Å². The van der Waals surface area contributed by atoms with E-state index in [9.17, 15) is 8.42 Å². The van der Waals surface area contributed by atoms with Crippen LogP contribution in [0.2, 0.25) is 0 Å². The van der Waals surface area contributed by atoms with Crippen molar-refractivity contribution in [3.05, 3.63) is 12.5 Å². The van der Waals surface area contributed by atoms with Gasteiger partial charge < -0.3 is 4.98 Å². The molecular formula is C5H7N2O2S. The lowest BCUT2D eigenvalue weighted by Crippen LogP contribution is -2.03. The molecule has 0 unspecified atom stereocenters. The van der Waals surface area contributed by atoms with Gasteiger partial charge in [-0.05, 0) is 0 Å². The highest BCUT2D eigenvalue weighted by atomic mass is 32.2. The number of imidazole rings is 1. The van der Waals surface area contributed by atoms with Gasteiger partial charge in [0.1, 0.15) is 0 Å². The van der Waals surface area contributed by atoms with Crippen LogP contribution in [-0.4, -0.2) is 24.1 Å². The molecule has 1 radical (unpaired) electrons. The Hall–Kier alpha value is -0.840. The van der Waals surface area contributed by atoms with Crippen molar-refractivity contribution in [2.75, 3.05) is 5.75 Å². The third-order valence-corrected chi connectivity index (χ3v) is 2.73. The summed E-state index contributed by atoms with van der Waals surface area (Å²) >= 11 is 0. The summed E-state index contributed by atoms with van der Waals surface area (Å²) in [5.74, 6) is 0.0751. The van der Waals surface area contributed by atoms with Gasteiger partial charge in [0, 0.05) is 6.20 Å². The van der Waals surface area contributed by atoms with Gasteiger partial charge in [0.2, 0.25) is 0 Å². The molecule has 0 aliphatic carbocycles. The van der Waals surface area contributed by atoms with E-state index in [1.807, 2.05) is 0 Å². The summed E-state index contributed by atoms with van der Waals surface area (Å²) in [6.07, 6.45) is 3.63. The Morgan fingerprint density at radius 1 is 1.80 bits per heavy atom. The first-order chi connectivity index (χ1) is 4.67. The molecule has 0 bridgehead atoms. The maximum atomic E-state index is 11.0. The first-order valence-electron chi connectivity index (χ1n) is 2.81. The summed E-state index contributed by atoms with van der Waals surface area (Å²) in [4.78, 5) is 5.95. The summed E-state index contributed by atoms with van der Waals surface area (Å²) in [5, 5.41) is 0.0648. The van der Waals surface area contributed by atoms with E-state index in [1.54, 1.807) is 6.92 Å². The highest BCUT2D eigenvalue weighted by Gasteiger charge is 2.12. The molecule has 1 N–H and O–H groups in total. The van der Waals surface area contributed by atoms with E-state index >= 15 is 0 Å². The second kappa shape index (κ2) is 2.42. The SMILES string of the molecule is CCS(=O)(=O)c1c[nH][c]n1. The standard InChI is InChI=1S/C5H7N2O2S/c1-2-10(8,9)5-3-6-4-7-5/h3H,2H2,1H3,(H,6,7). The van der Waals surface area contributed by atoms with Gasteiger partial charge >= 0.3 is 0 Å². The summed E-state index contributed by atoms with van der Waals surface area (Å²) in [7, 11) is -3.13. The number of nitrogens with one attached hydrogen (secondary N) is 1. The van der Waals surface area contributed by atoms with Gasteiger partial charge in [-0.25, -0.2) is 13.4 Å². The van der Waals surface area contributed by atoms with Crippen LogP contribution in [0.3, 0.4) is 0 Å². The Labute approximate surface area is 59.2 Å². The molecule has 4 nitrogen and oxygen atoms in total. The van der Waals surface area contributed by atoms with Crippen molar-refractivity contribution in [1.82, 2.24) is 9.97 Å². The monoisotopic (exact) mass is 159 g/mol. The summed E-state index contributed by atoms with van der Waals surface area (Å²) in [5.41, 5.74) is 0. The van der Waals surface area contributed by atoms with Gasteiger partial charge in [0.25, 0.3) is 0 Å². The summed E-state index contributed by atoms with van der Waals surface area (Å²) in [6, 6.07) is 0. The van der Waals surface area contributed by atoms with E-state index in [2.05, 4.69) is 16.3 Å². The molecule has 5 heteroatoms. The molecule has 0 aliphatic rings. The molecule has 0 atom stereocenters.